The summed E-state index contributed by atoms with van der Waals surface area (Å²) in [6, 6.07) is 5.02. The van der Waals surface area contributed by atoms with Crippen molar-refractivity contribution in [2.45, 2.75) is 25.2 Å². The quantitative estimate of drug-likeness (QED) is 0.893. The van der Waals surface area contributed by atoms with Gasteiger partial charge in [-0.25, -0.2) is 0 Å². The van der Waals surface area contributed by atoms with Gasteiger partial charge in [0, 0.05) is 4.47 Å². The Balaban J connectivity index is 2.30. The summed E-state index contributed by atoms with van der Waals surface area (Å²) in [6.45, 7) is 0. The molecule has 1 unspecified atom stereocenters. The van der Waals surface area contributed by atoms with Crippen LogP contribution in [0, 0.1) is 5.92 Å². The van der Waals surface area contributed by atoms with Crippen LogP contribution in [0.2, 0.25) is 0 Å². The fraction of sp³-hybridized carbons (Fsp3) is 0.417. The molecule has 0 amide bonds. The highest BCUT2D eigenvalue weighted by Crippen LogP contribution is 2.46. The Kier molecular flexibility index (Phi) is 3.19. The lowest BCUT2D eigenvalue weighted by Crippen LogP contribution is -2.08. The topological polar surface area (TPSA) is 57.5 Å². The summed E-state index contributed by atoms with van der Waals surface area (Å²) in [4.78, 5) is 10.8. The van der Waals surface area contributed by atoms with E-state index in [0.717, 1.165) is 22.9 Å². The van der Waals surface area contributed by atoms with E-state index >= 15 is 0 Å². The van der Waals surface area contributed by atoms with Gasteiger partial charge >= 0.3 is 5.97 Å². The lowest BCUT2D eigenvalue weighted by molar-refractivity contribution is -0.137. The first kappa shape index (κ1) is 11.5. The van der Waals surface area contributed by atoms with Crippen molar-refractivity contribution < 1.29 is 15.0 Å². The number of carbonyl (C=O) groups is 1. The Hall–Kier alpha value is -1.03. The minimum Gasteiger partial charge on any atom is -0.508 e. The molecule has 1 fully saturated rings. The predicted octanol–water partition coefficient (Wildman–Crippen LogP) is 3.12. The van der Waals surface area contributed by atoms with Crippen LogP contribution in [0.1, 0.15) is 30.7 Å². The molecule has 1 saturated carbocycles. The number of halogens is 1. The van der Waals surface area contributed by atoms with Crippen LogP contribution in [-0.2, 0) is 4.79 Å². The Morgan fingerprint density at radius 2 is 2.19 bits per heavy atom. The average Bonchev–Trinajstić information content (AvgIpc) is 3.02. The minimum absolute atomic E-state index is 0.0129. The summed E-state index contributed by atoms with van der Waals surface area (Å²) in [5, 5.41) is 18.4. The zero-order valence-electron chi connectivity index (χ0n) is 8.69. The van der Waals surface area contributed by atoms with Gasteiger partial charge in [0.15, 0.2) is 0 Å². The van der Waals surface area contributed by atoms with E-state index in [4.69, 9.17) is 5.11 Å². The van der Waals surface area contributed by atoms with Crippen molar-refractivity contribution in [1.82, 2.24) is 0 Å². The molecule has 1 atom stereocenters. The highest BCUT2D eigenvalue weighted by atomic mass is 79.9. The Morgan fingerprint density at radius 3 is 2.75 bits per heavy atom. The van der Waals surface area contributed by atoms with E-state index in [2.05, 4.69) is 15.9 Å². The fourth-order valence-electron chi connectivity index (χ4n) is 2.03. The second kappa shape index (κ2) is 4.45. The van der Waals surface area contributed by atoms with Crippen molar-refractivity contribution >= 4 is 21.9 Å². The monoisotopic (exact) mass is 284 g/mol. The van der Waals surface area contributed by atoms with E-state index in [1.54, 1.807) is 18.2 Å². The Labute approximate surface area is 102 Å². The summed E-state index contributed by atoms with van der Waals surface area (Å²) in [5.74, 6) is -0.130. The number of hydrogen-bond acceptors (Lipinski definition) is 2. The van der Waals surface area contributed by atoms with Crippen LogP contribution < -0.4 is 0 Å². The van der Waals surface area contributed by atoms with E-state index < -0.39 is 5.97 Å². The first-order valence-electron chi connectivity index (χ1n) is 5.28. The molecule has 0 heterocycles. The van der Waals surface area contributed by atoms with Crippen LogP contribution in [0.5, 0.6) is 5.75 Å². The molecule has 0 aromatic heterocycles. The zero-order valence-corrected chi connectivity index (χ0v) is 10.3. The number of phenols is 1. The van der Waals surface area contributed by atoms with E-state index in [-0.39, 0.29) is 18.1 Å². The molecule has 2 N–H and O–H groups in total. The second-order valence-corrected chi connectivity index (χ2v) is 5.10. The third kappa shape index (κ3) is 2.55. The van der Waals surface area contributed by atoms with Gasteiger partial charge in [-0.3, -0.25) is 4.79 Å². The number of benzene rings is 1. The molecule has 16 heavy (non-hydrogen) atoms. The standard InChI is InChI=1S/C12H13BrO3/c13-11-4-3-8(14)5-10(11)9(6-12(15)16)7-1-2-7/h3-5,7,9,14H,1-2,6H2,(H,15,16). The van der Waals surface area contributed by atoms with Crippen LogP contribution in [0.4, 0.5) is 0 Å². The van der Waals surface area contributed by atoms with Crippen LogP contribution in [0.3, 0.4) is 0 Å². The lowest BCUT2D eigenvalue weighted by atomic mass is 9.91. The highest BCUT2D eigenvalue weighted by Gasteiger charge is 2.34. The SMILES string of the molecule is O=C(O)CC(c1cc(O)ccc1Br)C1CC1. The number of aliphatic carboxylic acids is 1. The summed E-state index contributed by atoms with van der Waals surface area (Å²) in [6.07, 6.45) is 2.30. The van der Waals surface area contributed by atoms with Crippen molar-refractivity contribution in [3.63, 3.8) is 0 Å². The summed E-state index contributed by atoms with van der Waals surface area (Å²) < 4.78 is 0.878. The summed E-state index contributed by atoms with van der Waals surface area (Å²) in [7, 11) is 0. The molecule has 0 aliphatic heterocycles. The molecular formula is C12H13BrO3. The van der Waals surface area contributed by atoms with Gasteiger partial charge in [0.1, 0.15) is 5.75 Å². The molecular weight excluding hydrogens is 272 g/mol. The number of phenolic OH excluding ortho intramolecular Hbond substituents is 1. The first-order chi connectivity index (χ1) is 7.58. The minimum atomic E-state index is -0.785. The molecule has 1 aromatic rings. The molecule has 0 saturated heterocycles. The highest BCUT2D eigenvalue weighted by molar-refractivity contribution is 9.10. The van der Waals surface area contributed by atoms with E-state index in [1.165, 1.54) is 0 Å². The number of aromatic hydroxyl groups is 1. The van der Waals surface area contributed by atoms with Gasteiger partial charge in [-0.05, 0) is 48.4 Å². The van der Waals surface area contributed by atoms with Crippen LogP contribution in [0.15, 0.2) is 22.7 Å². The van der Waals surface area contributed by atoms with Gasteiger partial charge in [-0.15, -0.1) is 0 Å². The van der Waals surface area contributed by atoms with Gasteiger partial charge in [0.25, 0.3) is 0 Å². The molecule has 1 aliphatic carbocycles. The molecule has 4 heteroatoms. The van der Waals surface area contributed by atoms with Crippen molar-refractivity contribution in [3.8, 4) is 5.75 Å². The van der Waals surface area contributed by atoms with Crippen molar-refractivity contribution in [2.75, 3.05) is 0 Å². The maximum absolute atomic E-state index is 10.8. The lowest BCUT2D eigenvalue weighted by Gasteiger charge is -2.16. The van der Waals surface area contributed by atoms with E-state index in [1.807, 2.05) is 0 Å². The summed E-state index contributed by atoms with van der Waals surface area (Å²) in [5.41, 5.74) is 0.907. The van der Waals surface area contributed by atoms with E-state index in [0.29, 0.717) is 5.92 Å². The molecule has 0 bridgehead atoms. The normalized spacial score (nSPS) is 17.1. The van der Waals surface area contributed by atoms with Crippen LogP contribution in [0.25, 0.3) is 0 Å². The van der Waals surface area contributed by atoms with Gasteiger partial charge < -0.3 is 10.2 Å². The number of carboxylic acids is 1. The smallest absolute Gasteiger partial charge is 0.303 e. The first-order valence-corrected chi connectivity index (χ1v) is 6.07. The molecule has 1 aliphatic rings. The third-order valence-electron chi connectivity index (χ3n) is 2.96. The van der Waals surface area contributed by atoms with Crippen LogP contribution in [-0.4, -0.2) is 16.2 Å². The largest absolute Gasteiger partial charge is 0.508 e. The van der Waals surface area contributed by atoms with Crippen molar-refractivity contribution in [2.24, 2.45) is 5.92 Å². The van der Waals surface area contributed by atoms with Crippen LogP contribution >= 0.6 is 15.9 Å². The number of hydrogen-bond donors (Lipinski definition) is 2. The fourth-order valence-corrected chi connectivity index (χ4v) is 2.57. The Bertz CT molecular complexity index is 413. The van der Waals surface area contributed by atoms with Crippen molar-refractivity contribution in [1.29, 1.82) is 0 Å². The number of rotatable bonds is 4. The van der Waals surface area contributed by atoms with Gasteiger partial charge in [0.2, 0.25) is 0 Å². The predicted molar refractivity (Wildman–Crippen MR) is 63.5 cm³/mol. The molecule has 1 aromatic carbocycles. The molecule has 86 valence electrons. The second-order valence-electron chi connectivity index (χ2n) is 4.25. The number of carboxylic acid groups (broad SMARTS) is 1. The maximum atomic E-state index is 10.8. The van der Waals surface area contributed by atoms with Gasteiger partial charge in [-0.1, -0.05) is 15.9 Å². The Morgan fingerprint density at radius 1 is 1.50 bits per heavy atom. The zero-order chi connectivity index (χ0) is 11.7. The summed E-state index contributed by atoms with van der Waals surface area (Å²) >= 11 is 3.41. The van der Waals surface area contributed by atoms with Crippen molar-refractivity contribution in [3.05, 3.63) is 28.2 Å². The molecule has 2 rings (SSSR count). The maximum Gasteiger partial charge on any atom is 0.303 e. The molecule has 0 radical (unpaired) electrons. The third-order valence-corrected chi connectivity index (χ3v) is 3.69. The van der Waals surface area contributed by atoms with E-state index in [9.17, 15) is 9.90 Å². The van der Waals surface area contributed by atoms with Gasteiger partial charge in [0.05, 0.1) is 6.42 Å². The molecule has 3 nitrogen and oxygen atoms in total. The van der Waals surface area contributed by atoms with Gasteiger partial charge in [-0.2, -0.15) is 0 Å². The average molecular weight is 285 g/mol. The molecule has 0 spiro atoms.